The summed E-state index contributed by atoms with van der Waals surface area (Å²) in [7, 11) is 0. The summed E-state index contributed by atoms with van der Waals surface area (Å²) in [5, 5.41) is 0.828. The average molecular weight is 340 g/mol. The van der Waals surface area contributed by atoms with E-state index in [-0.39, 0.29) is 0 Å². The number of para-hydroxylation sites is 2. The van der Waals surface area contributed by atoms with Gasteiger partial charge in [0.1, 0.15) is 11.3 Å². The van der Waals surface area contributed by atoms with Gasteiger partial charge in [0.2, 0.25) is 0 Å². The fourth-order valence-electron chi connectivity index (χ4n) is 3.23. The van der Waals surface area contributed by atoms with Gasteiger partial charge < -0.3 is 9.32 Å². The number of rotatable bonds is 3. The van der Waals surface area contributed by atoms with Gasteiger partial charge in [0.05, 0.1) is 5.92 Å². The molecule has 0 bridgehead atoms. The minimum atomic E-state index is 0.305. The Morgan fingerprint density at radius 2 is 2.08 bits per heavy atom. The molecule has 124 valence electrons. The van der Waals surface area contributed by atoms with Gasteiger partial charge in [0, 0.05) is 24.8 Å². The molecule has 0 amide bonds. The van der Waals surface area contributed by atoms with Crippen LogP contribution in [0.3, 0.4) is 0 Å². The third kappa shape index (κ3) is 2.98. The summed E-state index contributed by atoms with van der Waals surface area (Å²) in [4.78, 5) is 16.1. The lowest BCUT2D eigenvalue weighted by atomic mass is 9.98. The molecular formula is C18H20N4OS. The molecule has 1 unspecified atom stereocenters. The lowest BCUT2D eigenvalue weighted by Crippen LogP contribution is -2.35. The molecule has 6 heteroatoms. The highest BCUT2D eigenvalue weighted by molar-refractivity contribution is 7.98. The number of oxazole rings is 1. The van der Waals surface area contributed by atoms with E-state index in [4.69, 9.17) is 4.42 Å². The second-order valence-electron chi connectivity index (χ2n) is 6.16. The molecule has 1 aliphatic heterocycles. The van der Waals surface area contributed by atoms with Gasteiger partial charge in [-0.05, 0) is 38.2 Å². The van der Waals surface area contributed by atoms with E-state index in [0.717, 1.165) is 59.6 Å². The fraction of sp³-hybridized carbons (Fsp3) is 0.389. The Kier molecular flexibility index (Phi) is 4.14. The zero-order valence-corrected chi connectivity index (χ0v) is 14.7. The van der Waals surface area contributed by atoms with E-state index in [9.17, 15) is 0 Å². The molecule has 1 fully saturated rings. The number of aryl methyl sites for hydroxylation is 1. The number of piperidine rings is 1. The second kappa shape index (κ2) is 6.43. The molecule has 0 spiro atoms. The summed E-state index contributed by atoms with van der Waals surface area (Å²) < 4.78 is 5.99. The highest BCUT2D eigenvalue weighted by Gasteiger charge is 2.26. The van der Waals surface area contributed by atoms with Gasteiger partial charge in [-0.1, -0.05) is 23.9 Å². The van der Waals surface area contributed by atoms with Crippen molar-refractivity contribution in [1.82, 2.24) is 15.0 Å². The zero-order chi connectivity index (χ0) is 16.5. The highest BCUT2D eigenvalue weighted by atomic mass is 32.2. The Morgan fingerprint density at radius 1 is 1.21 bits per heavy atom. The number of aromatic nitrogens is 3. The topological polar surface area (TPSA) is 55.1 Å². The van der Waals surface area contributed by atoms with Gasteiger partial charge in [-0.15, -0.1) is 0 Å². The number of hydrogen-bond donors (Lipinski definition) is 0. The van der Waals surface area contributed by atoms with Crippen LogP contribution >= 0.6 is 11.8 Å². The van der Waals surface area contributed by atoms with Gasteiger partial charge in [0.15, 0.2) is 16.6 Å². The smallest absolute Gasteiger partial charge is 0.200 e. The Morgan fingerprint density at radius 3 is 2.92 bits per heavy atom. The van der Waals surface area contributed by atoms with Crippen LogP contribution in [0.5, 0.6) is 0 Å². The number of anilines is 1. The molecule has 3 aromatic rings. The maximum Gasteiger partial charge on any atom is 0.200 e. The van der Waals surface area contributed by atoms with Crippen LogP contribution in [0.25, 0.3) is 11.1 Å². The first-order chi connectivity index (χ1) is 11.7. The molecule has 3 heterocycles. The van der Waals surface area contributed by atoms with Crippen molar-refractivity contribution >= 4 is 28.7 Å². The van der Waals surface area contributed by atoms with E-state index in [2.05, 4.69) is 25.9 Å². The lowest BCUT2D eigenvalue weighted by Gasteiger charge is -2.32. The molecule has 1 aliphatic rings. The van der Waals surface area contributed by atoms with E-state index < -0.39 is 0 Å². The van der Waals surface area contributed by atoms with Crippen molar-refractivity contribution in [2.24, 2.45) is 0 Å². The van der Waals surface area contributed by atoms with Crippen LogP contribution in [-0.4, -0.2) is 34.3 Å². The van der Waals surface area contributed by atoms with Crippen LogP contribution < -0.4 is 4.90 Å². The average Bonchev–Trinajstić information content (AvgIpc) is 3.05. The van der Waals surface area contributed by atoms with Crippen molar-refractivity contribution in [2.45, 2.75) is 30.8 Å². The maximum atomic E-state index is 5.99. The standard InChI is InChI=1S/C18H20N4OS/c1-12-10-16(21-18(19-12)24-2)22-9-5-6-13(11-22)17-20-14-7-3-4-8-15(14)23-17/h3-4,7-8,10,13H,5-6,9,11H2,1-2H3. The lowest BCUT2D eigenvalue weighted by molar-refractivity contribution is 0.412. The van der Waals surface area contributed by atoms with Crippen LogP contribution in [0, 0.1) is 6.92 Å². The van der Waals surface area contributed by atoms with Crippen molar-refractivity contribution in [1.29, 1.82) is 0 Å². The molecule has 1 saturated heterocycles. The Labute approximate surface area is 145 Å². The van der Waals surface area contributed by atoms with Gasteiger partial charge >= 0.3 is 0 Å². The second-order valence-corrected chi connectivity index (χ2v) is 6.93. The first-order valence-electron chi connectivity index (χ1n) is 8.23. The first-order valence-corrected chi connectivity index (χ1v) is 9.45. The molecular weight excluding hydrogens is 320 g/mol. The monoisotopic (exact) mass is 340 g/mol. The predicted molar refractivity (Wildman–Crippen MR) is 96.7 cm³/mol. The zero-order valence-electron chi connectivity index (χ0n) is 13.9. The van der Waals surface area contributed by atoms with Crippen LogP contribution in [0.2, 0.25) is 0 Å². The Hall–Kier alpha value is -2.08. The SMILES string of the molecule is CSc1nc(C)cc(N2CCCC(c3nc4ccccc4o3)C2)n1. The summed E-state index contributed by atoms with van der Waals surface area (Å²) >= 11 is 1.58. The van der Waals surface area contributed by atoms with E-state index >= 15 is 0 Å². The van der Waals surface area contributed by atoms with Crippen LogP contribution in [0.4, 0.5) is 5.82 Å². The van der Waals surface area contributed by atoms with Crippen molar-refractivity contribution in [3.8, 4) is 0 Å². The summed E-state index contributed by atoms with van der Waals surface area (Å²) in [6, 6.07) is 10.0. The van der Waals surface area contributed by atoms with E-state index in [0.29, 0.717) is 5.92 Å². The minimum Gasteiger partial charge on any atom is -0.440 e. The van der Waals surface area contributed by atoms with Crippen molar-refractivity contribution in [3.63, 3.8) is 0 Å². The molecule has 1 aromatic carbocycles. The summed E-state index contributed by atoms with van der Waals surface area (Å²) in [5.41, 5.74) is 2.81. The van der Waals surface area contributed by atoms with E-state index in [1.807, 2.05) is 37.4 Å². The van der Waals surface area contributed by atoms with Crippen molar-refractivity contribution in [2.75, 3.05) is 24.2 Å². The van der Waals surface area contributed by atoms with Gasteiger partial charge in [0.25, 0.3) is 0 Å². The molecule has 0 radical (unpaired) electrons. The van der Waals surface area contributed by atoms with Crippen LogP contribution in [0.1, 0.15) is 30.3 Å². The summed E-state index contributed by atoms with van der Waals surface area (Å²) in [5.74, 6) is 2.16. The van der Waals surface area contributed by atoms with Crippen LogP contribution in [0.15, 0.2) is 39.9 Å². The van der Waals surface area contributed by atoms with Crippen LogP contribution in [-0.2, 0) is 0 Å². The van der Waals surface area contributed by atoms with Crippen molar-refractivity contribution < 1.29 is 4.42 Å². The Bertz CT molecular complexity index is 830. The third-order valence-corrected chi connectivity index (χ3v) is 4.96. The molecule has 24 heavy (non-hydrogen) atoms. The quantitative estimate of drug-likeness (QED) is 0.530. The van der Waals surface area contributed by atoms with Gasteiger partial charge in [-0.3, -0.25) is 0 Å². The summed E-state index contributed by atoms with van der Waals surface area (Å²) in [6.07, 6.45) is 4.22. The number of nitrogens with zero attached hydrogens (tertiary/aromatic N) is 4. The Balaban J connectivity index is 1.60. The third-order valence-electron chi connectivity index (χ3n) is 4.41. The normalized spacial score (nSPS) is 18.2. The molecule has 5 nitrogen and oxygen atoms in total. The van der Waals surface area contributed by atoms with Gasteiger partial charge in [-0.2, -0.15) is 0 Å². The molecule has 1 atom stereocenters. The minimum absolute atomic E-state index is 0.305. The van der Waals surface area contributed by atoms with Crippen molar-refractivity contribution in [3.05, 3.63) is 41.9 Å². The molecule has 2 aromatic heterocycles. The molecule has 0 N–H and O–H groups in total. The van der Waals surface area contributed by atoms with E-state index in [1.165, 1.54) is 0 Å². The molecule has 0 saturated carbocycles. The van der Waals surface area contributed by atoms with Gasteiger partial charge in [-0.25, -0.2) is 15.0 Å². The molecule has 0 aliphatic carbocycles. The first kappa shape index (κ1) is 15.4. The number of thioether (sulfide) groups is 1. The number of hydrogen-bond acceptors (Lipinski definition) is 6. The maximum absolute atomic E-state index is 5.99. The fourth-order valence-corrected chi connectivity index (χ4v) is 3.65. The highest BCUT2D eigenvalue weighted by Crippen LogP contribution is 2.31. The molecule has 4 rings (SSSR count). The van der Waals surface area contributed by atoms with E-state index in [1.54, 1.807) is 11.8 Å². The predicted octanol–water partition coefficient (Wildman–Crippen LogP) is 4.03. The number of benzene rings is 1. The largest absolute Gasteiger partial charge is 0.440 e. The number of fused-ring (bicyclic) bond motifs is 1. The summed E-state index contributed by atoms with van der Waals surface area (Å²) in [6.45, 7) is 3.92.